The Morgan fingerprint density at radius 1 is 1.17 bits per heavy atom. The molecule has 0 saturated heterocycles. The maximum Gasteiger partial charge on any atom is 0.341 e. The molecule has 0 spiro atoms. The van der Waals surface area contributed by atoms with E-state index >= 15 is 0 Å². The van der Waals surface area contributed by atoms with Crippen LogP contribution in [0.3, 0.4) is 0 Å². The van der Waals surface area contributed by atoms with Gasteiger partial charge in [-0.25, -0.2) is 4.79 Å². The molecule has 1 aliphatic rings. The van der Waals surface area contributed by atoms with Gasteiger partial charge in [-0.05, 0) is 57.7 Å². The smallest absolute Gasteiger partial charge is 0.341 e. The highest BCUT2D eigenvalue weighted by molar-refractivity contribution is 5.99. The minimum atomic E-state index is -0.765. The number of carbonyl (C=O) groups is 2. The van der Waals surface area contributed by atoms with Crippen molar-refractivity contribution in [1.29, 1.82) is 0 Å². The van der Waals surface area contributed by atoms with Gasteiger partial charge >= 0.3 is 5.97 Å². The minimum Gasteiger partial charge on any atom is -0.496 e. The van der Waals surface area contributed by atoms with E-state index in [2.05, 4.69) is 5.32 Å². The van der Waals surface area contributed by atoms with E-state index in [4.69, 9.17) is 14.2 Å². The first-order valence-corrected chi connectivity index (χ1v) is 8.37. The highest BCUT2D eigenvalue weighted by Crippen LogP contribution is 2.34. The quantitative estimate of drug-likeness (QED) is 0.775. The van der Waals surface area contributed by atoms with Gasteiger partial charge in [-0.2, -0.15) is 0 Å². The first-order valence-electron chi connectivity index (χ1n) is 8.37. The number of benzene rings is 1. The summed E-state index contributed by atoms with van der Waals surface area (Å²) in [5.74, 6) is -0.237. The number of hydrogen-bond acceptors (Lipinski definition) is 5. The van der Waals surface area contributed by atoms with Crippen molar-refractivity contribution in [3.8, 4) is 5.75 Å². The molecule has 1 aliphatic carbocycles. The van der Waals surface area contributed by atoms with E-state index in [0.717, 1.165) is 12.8 Å². The van der Waals surface area contributed by atoms with E-state index < -0.39 is 11.6 Å². The van der Waals surface area contributed by atoms with Crippen LogP contribution in [-0.4, -0.2) is 37.8 Å². The summed E-state index contributed by atoms with van der Waals surface area (Å²) in [6.07, 6.45) is 3.38. The SMILES string of the molecule is CCOC(=O)c1cc(NC(=O)C2(OCC)CCCC2)ccc1OC. The number of hydrogen-bond donors (Lipinski definition) is 1. The third-order valence-corrected chi connectivity index (χ3v) is 4.20. The van der Waals surface area contributed by atoms with Crippen molar-refractivity contribution < 1.29 is 23.8 Å². The van der Waals surface area contributed by atoms with E-state index in [0.29, 0.717) is 30.9 Å². The summed E-state index contributed by atoms with van der Waals surface area (Å²) >= 11 is 0. The summed E-state index contributed by atoms with van der Waals surface area (Å²) in [5, 5.41) is 2.87. The van der Waals surface area contributed by atoms with Gasteiger partial charge in [-0.3, -0.25) is 4.79 Å². The van der Waals surface area contributed by atoms with Crippen molar-refractivity contribution >= 4 is 17.6 Å². The number of anilines is 1. The Morgan fingerprint density at radius 3 is 2.46 bits per heavy atom. The summed E-state index contributed by atoms with van der Waals surface area (Å²) < 4.78 is 16.0. The highest BCUT2D eigenvalue weighted by atomic mass is 16.5. The molecule has 0 aromatic heterocycles. The number of rotatable bonds is 7. The molecular weight excluding hydrogens is 310 g/mol. The third-order valence-electron chi connectivity index (χ3n) is 4.20. The Hall–Kier alpha value is -2.08. The number of amides is 1. The van der Waals surface area contributed by atoms with E-state index in [9.17, 15) is 9.59 Å². The molecule has 0 unspecified atom stereocenters. The van der Waals surface area contributed by atoms with Crippen LogP contribution in [0.2, 0.25) is 0 Å². The van der Waals surface area contributed by atoms with Gasteiger partial charge in [0, 0.05) is 12.3 Å². The summed E-state index contributed by atoms with van der Waals surface area (Å²) in [6.45, 7) is 4.39. The Morgan fingerprint density at radius 2 is 1.88 bits per heavy atom. The number of nitrogens with one attached hydrogen (secondary N) is 1. The molecule has 1 saturated carbocycles. The molecule has 0 aliphatic heterocycles. The van der Waals surface area contributed by atoms with E-state index in [-0.39, 0.29) is 18.1 Å². The van der Waals surface area contributed by atoms with Crippen molar-refractivity contribution in [2.45, 2.75) is 45.1 Å². The van der Waals surface area contributed by atoms with E-state index in [1.54, 1.807) is 25.1 Å². The lowest BCUT2D eigenvalue weighted by Gasteiger charge is -2.27. The molecule has 6 heteroatoms. The topological polar surface area (TPSA) is 73.9 Å². The van der Waals surface area contributed by atoms with Crippen LogP contribution in [0.25, 0.3) is 0 Å². The molecular formula is C18H25NO5. The Kier molecular flexibility index (Phi) is 6.20. The first kappa shape index (κ1) is 18.3. The fourth-order valence-corrected chi connectivity index (χ4v) is 3.06. The van der Waals surface area contributed by atoms with Gasteiger partial charge in [0.25, 0.3) is 5.91 Å². The lowest BCUT2D eigenvalue weighted by molar-refractivity contribution is -0.140. The fraction of sp³-hybridized carbons (Fsp3) is 0.556. The molecule has 1 aromatic carbocycles. The maximum atomic E-state index is 12.7. The molecule has 24 heavy (non-hydrogen) atoms. The van der Waals surface area contributed by atoms with Crippen molar-refractivity contribution in [2.75, 3.05) is 25.6 Å². The Balaban J connectivity index is 2.21. The third kappa shape index (κ3) is 3.87. The predicted octanol–water partition coefficient (Wildman–Crippen LogP) is 3.16. The molecule has 1 amide bonds. The summed E-state index contributed by atoms with van der Waals surface area (Å²) in [5.41, 5.74) is 0.0440. The van der Waals surface area contributed by atoms with Crippen LogP contribution in [-0.2, 0) is 14.3 Å². The predicted molar refractivity (Wildman–Crippen MR) is 90.4 cm³/mol. The van der Waals surface area contributed by atoms with Gasteiger partial charge in [0.15, 0.2) is 0 Å². The van der Waals surface area contributed by atoms with Crippen LogP contribution >= 0.6 is 0 Å². The van der Waals surface area contributed by atoms with Crippen LogP contribution < -0.4 is 10.1 Å². The summed E-state index contributed by atoms with van der Waals surface area (Å²) in [6, 6.07) is 4.92. The zero-order valence-corrected chi connectivity index (χ0v) is 14.5. The van der Waals surface area contributed by atoms with Gasteiger partial charge in [0.2, 0.25) is 0 Å². The summed E-state index contributed by atoms with van der Waals surface area (Å²) in [7, 11) is 1.49. The molecule has 1 fully saturated rings. The van der Waals surface area contributed by atoms with Crippen LogP contribution in [0.1, 0.15) is 49.9 Å². The molecule has 1 aromatic rings. The van der Waals surface area contributed by atoms with Crippen LogP contribution in [0.5, 0.6) is 5.75 Å². The zero-order chi connectivity index (χ0) is 17.6. The first-order chi connectivity index (χ1) is 11.6. The molecule has 0 heterocycles. The maximum absolute atomic E-state index is 12.7. The minimum absolute atomic E-state index is 0.165. The number of ether oxygens (including phenoxy) is 3. The largest absolute Gasteiger partial charge is 0.496 e. The second-order valence-corrected chi connectivity index (χ2v) is 5.72. The second kappa shape index (κ2) is 8.15. The van der Waals surface area contributed by atoms with Crippen LogP contribution in [0.15, 0.2) is 18.2 Å². The molecule has 0 bridgehead atoms. The number of methoxy groups -OCH3 is 1. The van der Waals surface area contributed by atoms with Crippen LogP contribution in [0.4, 0.5) is 5.69 Å². The van der Waals surface area contributed by atoms with Crippen LogP contribution in [0, 0.1) is 0 Å². The normalized spacial score (nSPS) is 15.8. The highest BCUT2D eigenvalue weighted by Gasteiger charge is 2.42. The molecule has 0 radical (unpaired) electrons. The second-order valence-electron chi connectivity index (χ2n) is 5.72. The van der Waals surface area contributed by atoms with Crippen molar-refractivity contribution in [3.05, 3.63) is 23.8 Å². The van der Waals surface area contributed by atoms with E-state index in [1.165, 1.54) is 7.11 Å². The molecule has 6 nitrogen and oxygen atoms in total. The summed E-state index contributed by atoms with van der Waals surface area (Å²) in [4.78, 5) is 24.7. The Bertz CT molecular complexity index is 593. The van der Waals surface area contributed by atoms with Gasteiger partial charge in [0.1, 0.15) is 16.9 Å². The van der Waals surface area contributed by atoms with Crippen molar-refractivity contribution in [2.24, 2.45) is 0 Å². The lowest BCUT2D eigenvalue weighted by Crippen LogP contribution is -2.43. The van der Waals surface area contributed by atoms with Gasteiger partial charge in [-0.1, -0.05) is 0 Å². The van der Waals surface area contributed by atoms with E-state index in [1.807, 2.05) is 6.92 Å². The number of esters is 1. The van der Waals surface area contributed by atoms with Gasteiger partial charge in [-0.15, -0.1) is 0 Å². The molecule has 1 N–H and O–H groups in total. The monoisotopic (exact) mass is 335 g/mol. The molecule has 0 atom stereocenters. The lowest BCUT2D eigenvalue weighted by atomic mass is 10.0. The standard InChI is InChI=1S/C18H25NO5/c1-4-23-16(20)14-12-13(8-9-15(14)22-3)19-17(21)18(24-5-2)10-6-7-11-18/h8-9,12H,4-7,10-11H2,1-3H3,(H,19,21). The molecule has 2 rings (SSSR count). The fourth-order valence-electron chi connectivity index (χ4n) is 3.06. The zero-order valence-electron chi connectivity index (χ0n) is 14.5. The Labute approximate surface area is 142 Å². The number of carbonyl (C=O) groups excluding carboxylic acids is 2. The van der Waals surface area contributed by atoms with Gasteiger partial charge < -0.3 is 19.5 Å². The van der Waals surface area contributed by atoms with Gasteiger partial charge in [0.05, 0.1) is 13.7 Å². The van der Waals surface area contributed by atoms with Crippen molar-refractivity contribution in [1.82, 2.24) is 0 Å². The average molecular weight is 335 g/mol. The molecule has 132 valence electrons. The average Bonchev–Trinajstić information content (AvgIpc) is 3.05. The van der Waals surface area contributed by atoms with Crippen molar-refractivity contribution in [3.63, 3.8) is 0 Å².